The standard InChI is InChI=1S/C22H25FN2O4/c1-22(2,16-7-10-18-19(12-16)29-14-28-18)13-25-20(26)4-3-11-24-21(27)15-5-8-17(23)9-6-15/h5-10,12H,3-4,11,13-14H2,1-2H3,(H,24,27)(H,25,26). The number of hydrogen-bond donors (Lipinski definition) is 2. The van der Waals surface area contributed by atoms with Crippen LogP contribution in [0.25, 0.3) is 0 Å². The molecular formula is C22H25FN2O4. The number of amides is 2. The lowest BCUT2D eigenvalue weighted by Gasteiger charge is -2.26. The summed E-state index contributed by atoms with van der Waals surface area (Å²) >= 11 is 0. The average Bonchev–Trinajstić information content (AvgIpc) is 3.18. The average molecular weight is 400 g/mol. The summed E-state index contributed by atoms with van der Waals surface area (Å²) in [6.07, 6.45) is 0.824. The lowest BCUT2D eigenvalue weighted by molar-refractivity contribution is -0.121. The van der Waals surface area contributed by atoms with E-state index in [1.165, 1.54) is 24.3 Å². The van der Waals surface area contributed by atoms with Gasteiger partial charge in [-0.25, -0.2) is 4.39 Å². The zero-order valence-corrected chi connectivity index (χ0v) is 16.6. The molecule has 2 amide bonds. The Labute approximate surface area is 169 Å². The predicted octanol–water partition coefficient (Wildman–Crippen LogP) is 3.16. The Morgan fingerprint density at radius 1 is 1.03 bits per heavy atom. The van der Waals surface area contributed by atoms with Gasteiger partial charge in [0.25, 0.3) is 5.91 Å². The Morgan fingerprint density at radius 3 is 2.52 bits per heavy atom. The molecule has 3 rings (SSSR count). The van der Waals surface area contributed by atoms with Crippen LogP contribution in [0, 0.1) is 5.82 Å². The van der Waals surface area contributed by atoms with Crippen molar-refractivity contribution in [2.75, 3.05) is 19.9 Å². The van der Waals surface area contributed by atoms with Crippen molar-refractivity contribution in [3.63, 3.8) is 0 Å². The molecule has 0 radical (unpaired) electrons. The molecule has 2 N–H and O–H groups in total. The third kappa shape index (κ3) is 5.47. The maximum Gasteiger partial charge on any atom is 0.251 e. The third-order valence-corrected chi connectivity index (χ3v) is 4.85. The van der Waals surface area contributed by atoms with Crippen LogP contribution < -0.4 is 20.1 Å². The smallest absolute Gasteiger partial charge is 0.251 e. The monoisotopic (exact) mass is 400 g/mol. The highest BCUT2D eigenvalue weighted by atomic mass is 19.1. The fourth-order valence-electron chi connectivity index (χ4n) is 2.98. The zero-order valence-electron chi connectivity index (χ0n) is 16.6. The first-order valence-corrected chi connectivity index (χ1v) is 9.56. The summed E-state index contributed by atoms with van der Waals surface area (Å²) in [5.74, 6) is 0.709. The van der Waals surface area contributed by atoms with Gasteiger partial charge < -0.3 is 20.1 Å². The number of fused-ring (bicyclic) bond motifs is 1. The summed E-state index contributed by atoms with van der Waals surface area (Å²) < 4.78 is 23.6. The van der Waals surface area contributed by atoms with Gasteiger partial charge in [-0.1, -0.05) is 19.9 Å². The molecule has 0 atom stereocenters. The van der Waals surface area contributed by atoms with Crippen LogP contribution in [-0.4, -0.2) is 31.7 Å². The minimum absolute atomic E-state index is 0.0742. The van der Waals surface area contributed by atoms with Crippen molar-refractivity contribution in [1.29, 1.82) is 0 Å². The highest BCUT2D eigenvalue weighted by molar-refractivity contribution is 5.94. The Balaban J connectivity index is 1.39. The van der Waals surface area contributed by atoms with Crippen LogP contribution in [0.15, 0.2) is 42.5 Å². The van der Waals surface area contributed by atoms with E-state index >= 15 is 0 Å². The molecule has 154 valence electrons. The van der Waals surface area contributed by atoms with Crippen LogP contribution >= 0.6 is 0 Å². The van der Waals surface area contributed by atoms with Crippen molar-refractivity contribution in [2.45, 2.75) is 32.1 Å². The van der Waals surface area contributed by atoms with Gasteiger partial charge in [-0.2, -0.15) is 0 Å². The number of benzene rings is 2. The highest BCUT2D eigenvalue weighted by Gasteiger charge is 2.24. The summed E-state index contributed by atoms with van der Waals surface area (Å²) in [6, 6.07) is 11.1. The van der Waals surface area contributed by atoms with Gasteiger partial charge in [0.15, 0.2) is 11.5 Å². The number of rotatable bonds is 8. The van der Waals surface area contributed by atoms with Crippen molar-refractivity contribution >= 4 is 11.8 Å². The van der Waals surface area contributed by atoms with Crippen LogP contribution in [-0.2, 0) is 10.2 Å². The van der Waals surface area contributed by atoms with Gasteiger partial charge in [0.2, 0.25) is 12.7 Å². The summed E-state index contributed by atoms with van der Waals surface area (Å²) in [7, 11) is 0. The van der Waals surface area contributed by atoms with Gasteiger partial charge in [-0.15, -0.1) is 0 Å². The van der Waals surface area contributed by atoms with E-state index in [1.807, 2.05) is 32.0 Å². The van der Waals surface area contributed by atoms with Gasteiger partial charge >= 0.3 is 0 Å². The topological polar surface area (TPSA) is 76.7 Å². The minimum Gasteiger partial charge on any atom is -0.454 e. The second kappa shape index (κ2) is 8.94. The molecule has 0 unspecified atom stereocenters. The summed E-state index contributed by atoms with van der Waals surface area (Å²) in [4.78, 5) is 24.1. The summed E-state index contributed by atoms with van der Waals surface area (Å²) in [5, 5.41) is 5.68. The van der Waals surface area contributed by atoms with E-state index in [1.54, 1.807) is 0 Å². The first kappa shape index (κ1) is 20.6. The number of halogens is 1. The predicted molar refractivity (Wildman–Crippen MR) is 107 cm³/mol. The Hall–Kier alpha value is -3.09. The number of carbonyl (C=O) groups is 2. The summed E-state index contributed by atoms with van der Waals surface area (Å²) in [6.45, 7) is 5.18. The molecule has 1 aliphatic rings. The van der Waals surface area contributed by atoms with Crippen molar-refractivity contribution in [2.24, 2.45) is 0 Å². The maximum atomic E-state index is 12.9. The van der Waals surface area contributed by atoms with Gasteiger partial charge in [0.05, 0.1) is 0 Å². The fourth-order valence-corrected chi connectivity index (χ4v) is 2.98. The zero-order chi connectivity index (χ0) is 20.9. The highest BCUT2D eigenvalue weighted by Crippen LogP contribution is 2.36. The van der Waals surface area contributed by atoms with E-state index in [-0.39, 0.29) is 29.8 Å². The first-order valence-electron chi connectivity index (χ1n) is 9.56. The van der Waals surface area contributed by atoms with E-state index in [4.69, 9.17) is 9.47 Å². The molecular weight excluding hydrogens is 375 g/mol. The molecule has 0 aromatic heterocycles. The lowest BCUT2D eigenvalue weighted by Crippen LogP contribution is -2.37. The lowest BCUT2D eigenvalue weighted by atomic mass is 9.84. The SMILES string of the molecule is CC(C)(CNC(=O)CCCNC(=O)c1ccc(F)cc1)c1ccc2c(c1)OCO2. The second-order valence-electron chi connectivity index (χ2n) is 7.60. The molecule has 1 aliphatic heterocycles. The fraction of sp³-hybridized carbons (Fsp3) is 0.364. The van der Waals surface area contributed by atoms with E-state index in [0.717, 1.165) is 17.1 Å². The van der Waals surface area contributed by atoms with Crippen molar-refractivity contribution in [3.8, 4) is 11.5 Å². The maximum absolute atomic E-state index is 12.9. The quantitative estimate of drug-likeness (QED) is 0.668. The van der Waals surface area contributed by atoms with E-state index < -0.39 is 0 Å². The largest absolute Gasteiger partial charge is 0.454 e. The molecule has 29 heavy (non-hydrogen) atoms. The number of ether oxygens (including phenoxy) is 2. The van der Waals surface area contributed by atoms with Crippen molar-refractivity contribution in [3.05, 3.63) is 59.4 Å². The molecule has 6 nitrogen and oxygen atoms in total. The van der Waals surface area contributed by atoms with Crippen LogP contribution in [0.3, 0.4) is 0 Å². The van der Waals surface area contributed by atoms with Crippen LogP contribution in [0.4, 0.5) is 4.39 Å². The second-order valence-corrected chi connectivity index (χ2v) is 7.60. The molecule has 0 fully saturated rings. The molecule has 2 aromatic carbocycles. The Bertz CT molecular complexity index is 881. The number of hydrogen-bond acceptors (Lipinski definition) is 4. The van der Waals surface area contributed by atoms with Crippen LogP contribution in [0.2, 0.25) is 0 Å². The van der Waals surface area contributed by atoms with Crippen molar-refractivity contribution in [1.82, 2.24) is 10.6 Å². The molecule has 0 saturated carbocycles. The van der Waals surface area contributed by atoms with Crippen molar-refractivity contribution < 1.29 is 23.5 Å². The van der Waals surface area contributed by atoms with E-state index in [2.05, 4.69) is 10.6 Å². The Kier molecular flexibility index (Phi) is 6.36. The number of carbonyl (C=O) groups excluding carboxylic acids is 2. The van der Waals surface area contributed by atoms with E-state index in [0.29, 0.717) is 31.5 Å². The molecule has 0 spiro atoms. The molecule has 2 aromatic rings. The normalized spacial score (nSPS) is 12.5. The first-order chi connectivity index (χ1) is 13.8. The molecule has 0 saturated heterocycles. The Morgan fingerprint density at radius 2 is 1.76 bits per heavy atom. The van der Waals surface area contributed by atoms with E-state index in [9.17, 15) is 14.0 Å². The summed E-state index contributed by atoms with van der Waals surface area (Å²) in [5.41, 5.74) is 1.17. The van der Waals surface area contributed by atoms with Crippen LogP contribution in [0.5, 0.6) is 11.5 Å². The third-order valence-electron chi connectivity index (χ3n) is 4.85. The molecule has 0 bridgehead atoms. The molecule has 0 aliphatic carbocycles. The molecule has 7 heteroatoms. The molecule has 1 heterocycles. The van der Waals surface area contributed by atoms with Gasteiger partial charge in [0.1, 0.15) is 5.82 Å². The minimum atomic E-state index is -0.387. The van der Waals surface area contributed by atoms with Gasteiger partial charge in [-0.05, 0) is 48.4 Å². The van der Waals surface area contributed by atoms with Gasteiger partial charge in [-0.3, -0.25) is 9.59 Å². The number of nitrogens with one attached hydrogen (secondary N) is 2. The van der Waals surface area contributed by atoms with Gasteiger partial charge in [0, 0.05) is 30.5 Å². The van der Waals surface area contributed by atoms with Crippen LogP contribution in [0.1, 0.15) is 42.6 Å².